The molecule has 0 aliphatic carbocycles. The van der Waals surface area contributed by atoms with Crippen LogP contribution in [0.2, 0.25) is 0 Å². The highest BCUT2D eigenvalue weighted by Gasteiger charge is 2.16. The van der Waals surface area contributed by atoms with Gasteiger partial charge in [0.25, 0.3) is 0 Å². The first kappa shape index (κ1) is 12.9. The summed E-state index contributed by atoms with van der Waals surface area (Å²) in [5.74, 6) is -0.929. The summed E-state index contributed by atoms with van der Waals surface area (Å²) in [5, 5.41) is 18.1. The molecule has 0 bridgehead atoms. The van der Waals surface area contributed by atoms with E-state index in [2.05, 4.69) is 6.07 Å². The largest absolute Gasteiger partial charge is 0.477 e. The van der Waals surface area contributed by atoms with Gasteiger partial charge in [0.2, 0.25) is 0 Å². The molecule has 1 aromatic carbocycles. The fraction of sp³-hybridized carbons (Fsp3) is 0.200. The highest BCUT2D eigenvalue weighted by molar-refractivity contribution is 5.88. The van der Waals surface area contributed by atoms with E-state index >= 15 is 0 Å². The van der Waals surface area contributed by atoms with Crippen LogP contribution in [0.1, 0.15) is 32.9 Å². The summed E-state index contributed by atoms with van der Waals surface area (Å²) in [6, 6.07) is 11.1. The van der Waals surface area contributed by atoms with Gasteiger partial charge in [-0.3, -0.25) is 0 Å². The second-order valence-corrected chi connectivity index (χ2v) is 4.52. The Balaban J connectivity index is 2.43. The number of rotatable bonds is 3. The van der Waals surface area contributed by atoms with E-state index in [1.807, 2.05) is 19.1 Å². The quantitative estimate of drug-likeness (QED) is 0.915. The van der Waals surface area contributed by atoms with Gasteiger partial charge >= 0.3 is 5.97 Å². The van der Waals surface area contributed by atoms with Crippen LogP contribution in [0.25, 0.3) is 0 Å². The Hall–Kier alpha value is -2.54. The number of aromatic carboxylic acids is 1. The lowest BCUT2D eigenvalue weighted by Gasteiger charge is -2.10. The monoisotopic (exact) mass is 254 g/mol. The van der Waals surface area contributed by atoms with Crippen molar-refractivity contribution in [3.63, 3.8) is 0 Å². The number of aryl methyl sites for hydroxylation is 2. The lowest BCUT2D eigenvalue weighted by molar-refractivity contribution is 0.0684. The highest BCUT2D eigenvalue weighted by Crippen LogP contribution is 2.17. The van der Waals surface area contributed by atoms with Crippen LogP contribution in [0.3, 0.4) is 0 Å². The van der Waals surface area contributed by atoms with E-state index in [0.717, 1.165) is 16.8 Å². The molecule has 0 saturated heterocycles. The number of carboxylic acids is 1. The summed E-state index contributed by atoms with van der Waals surface area (Å²) in [5.41, 5.74) is 3.45. The Morgan fingerprint density at radius 3 is 2.74 bits per heavy atom. The first-order chi connectivity index (χ1) is 9.02. The van der Waals surface area contributed by atoms with Crippen molar-refractivity contribution in [1.29, 1.82) is 5.26 Å². The minimum absolute atomic E-state index is 0.305. The summed E-state index contributed by atoms with van der Waals surface area (Å²) < 4.78 is 1.76. The van der Waals surface area contributed by atoms with E-state index < -0.39 is 5.97 Å². The summed E-state index contributed by atoms with van der Waals surface area (Å²) in [6.07, 6.45) is 0. The Kier molecular flexibility index (Phi) is 3.39. The van der Waals surface area contributed by atoms with Gasteiger partial charge in [0, 0.05) is 12.2 Å². The van der Waals surface area contributed by atoms with Crippen LogP contribution in [0.5, 0.6) is 0 Å². The van der Waals surface area contributed by atoms with Gasteiger partial charge in [0.15, 0.2) is 0 Å². The van der Waals surface area contributed by atoms with E-state index in [-0.39, 0.29) is 0 Å². The number of carboxylic acid groups (broad SMARTS) is 1. The molecule has 1 aromatic heterocycles. The molecule has 2 rings (SSSR count). The van der Waals surface area contributed by atoms with Crippen molar-refractivity contribution < 1.29 is 9.90 Å². The molecule has 0 saturated carbocycles. The standard InChI is InChI=1S/C15H14N2O2/c1-10-6-11(2)17(14(10)15(18)19)9-13-5-3-4-12(7-13)8-16/h3-7H,9H2,1-2H3,(H,18,19). The minimum Gasteiger partial charge on any atom is -0.477 e. The minimum atomic E-state index is -0.929. The predicted molar refractivity (Wildman–Crippen MR) is 71.1 cm³/mol. The number of carbonyl (C=O) groups is 1. The Morgan fingerprint density at radius 1 is 1.37 bits per heavy atom. The van der Waals surface area contributed by atoms with Crippen LogP contribution in [0.4, 0.5) is 0 Å². The summed E-state index contributed by atoms with van der Waals surface area (Å²) >= 11 is 0. The molecule has 4 heteroatoms. The molecule has 0 unspecified atom stereocenters. The Labute approximate surface area is 111 Å². The molecule has 1 heterocycles. The van der Waals surface area contributed by atoms with Gasteiger partial charge in [-0.25, -0.2) is 4.79 Å². The maximum absolute atomic E-state index is 11.3. The molecular formula is C15H14N2O2. The number of nitrogens with zero attached hydrogens (tertiary/aromatic N) is 2. The smallest absolute Gasteiger partial charge is 0.352 e. The van der Waals surface area contributed by atoms with Crippen molar-refractivity contribution in [2.45, 2.75) is 20.4 Å². The zero-order chi connectivity index (χ0) is 14.0. The number of hydrogen-bond acceptors (Lipinski definition) is 2. The number of hydrogen-bond donors (Lipinski definition) is 1. The number of nitriles is 1. The molecule has 0 aliphatic heterocycles. The van der Waals surface area contributed by atoms with Crippen LogP contribution >= 0.6 is 0 Å². The molecule has 0 radical (unpaired) electrons. The summed E-state index contributed by atoms with van der Waals surface area (Å²) in [7, 11) is 0. The maximum atomic E-state index is 11.3. The molecule has 0 fully saturated rings. The first-order valence-electron chi connectivity index (χ1n) is 5.92. The van der Waals surface area contributed by atoms with E-state index in [9.17, 15) is 9.90 Å². The fourth-order valence-electron chi connectivity index (χ4n) is 2.26. The van der Waals surface area contributed by atoms with Crippen LogP contribution in [-0.2, 0) is 6.54 Å². The van der Waals surface area contributed by atoms with Crippen molar-refractivity contribution >= 4 is 5.97 Å². The number of benzene rings is 1. The molecule has 0 amide bonds. The van der Waals surface area contributed by atoms with Gasteiger partial charge in [-0.15, -0.1) is 0 Å². The molecular weight excluding hydrogens is 240 g/mol. The van der Waals surface area contributed by atoms with Gasteiger partial charge < -0.3 is 9.67 Å². The van der Waals surface area contributed by atoms with Crippen molar-refractivity contribution in [3.05, 3.63) is 58.4 Å². The Bertz CT molecular complexity index is 678. The predicted octanol–water partition coefficient (Wildman–Crippen LogP) is 2.72. The van der Waals surface area contributed by atoms with Gasteiger partial charge in [-0.1, -0.05) is 12.1 Å². The third-order valence-corrected chi connectivity index (χ3v) is 3.09. The molecule has 96 valence electrons. The van der Waals surface area contributed by atoms with Gasteiger partial charge in [-0.05, 0) is 43.2 Å². The van der Waals surface area contributed by atoms with Crippen LogP contribution in [-0.4, -0.2) is 15.6 Å². The SMILES string of the molecule is Cc1cc(C)n(Cc2cccc(C#N)c2)c1C(=O)O. The van der Waals surface area contributed by atoms with Gasteiger partial charge in [0.05, 0.1) is 11.6 Å². The molecule has 4 nitrogen and oxygen atoms in total. The van der Waals surface area contributed by atoms with Gasteiger partial charge in [0.1, 0.15) is 5.69 Å². The van der Waals surface area contributed by atoms with Crippen LogP contribution < -0.4 is 0 Å². The molecule has 0 aliphatic rings. The average Bonchev–Trinajstić information content (AvgIpc) is 2.64. The van der Waals surface area contributed by atoms with E-state index in [1.54, 1.807) is 29.7 Å². The molecule has 1 N–H and O–H groups in total. The molecule has 0 spiro atoms. The maximum Gasteiger partial charge on any atom is 0.352 e. The normalized spacial score (nSPS) is 10.2. The lowest BCUT2D eigenvalue weighted by atomic mass is 10.1. The molecule has 0 atom stereocenters. The van der Waals surface area contributed by atoms with E-state index in [1.165, 1.54) is 0 Å². The highest BCUT2D eigenvalue weighted by atomic mass is 16.4. The van der Waals surface area contributed by atoms with E-state index in [4.69, 9.17) is 5.26 Å². The topological polar surface area (TPSA) is 66.0 Å². The van der Waals surface area contributed by atoms with Crippen LogP contribution in [0, 0.1) is 25.2 Å². The van der Waals surface area contributed by atoms with Crippen molar-refractivity contribution in [3.8, 4) is 6.07 Å². The van der Waals surface area contributed by atoms with Crippen LogP contribution in [0.15, 0.2) is 30.3 Å². The third kappa shape index (κ3) is 2.50. The second kappa shape index (κ2) is 4.99. The fourth-order valence-corrected chi connectivity index (χ4v) is 2.26. The first-order valence-corrected chi connectivity index (χ1v) is 5.92. The zero-order valence-electron chi connectivity index (χ0n) is 10.8. The number of aromatic nitrogens is 1. The average molecular weight is 254 g/mol. The third-order valence-electron chi connectivity index (χ3n) is 3.09. The van der Waals surface area contributed by atoms with Crippen molar-refractivity contribution in [1.82, 2.24) is 4.57 Å². The van der Waals surface area contributed by atoms with Crippen molar-refractivity contribution in [2.75, 3.05) is 0 Å². The second-order valence-electron chi connectivity index (χ2n) is 4.52. The molecule has 2 aromatic rings. The van der Waals surface area contributed by atoms with Crippen molar-refractivity contribution in [2.24, 2.45) is 0 Å². The van der Waals surface area contributed by atoms with E-state index in [0.29, 0.717) is 17.8 Å². The zero-order valence-corrected chi connectivity index (χ0v) is 10.8. The lowest BCUT2D eigenvalue weighted by Crippen LogP contribution is -2.12. The Morgan fingerprint density at radius 2 is 2.11 bits per heavy atom. The molecule has 19 heavy (non-hydrogen) atoms. The van der Waals surface area contributed by atoms with Gasteiger partial charge in [-0.2, -0.15) is 5.26 Å². The summed E-state index contributed by atoms with van der Waals surface area (Å²) in [6.45, 7) is 4.13. The summed E-state index contributed by atoms with van der Waals surface area (Å²) in [4.78, 5) is 11.3.